The average Bonchev–Trinajstić information content (AvgIpc) is 3.61. The van der Waals surface area contributed by atoms with Gasteiger partial charge in [0.2, 0.25) is 0 Å². The van der Waals surface area contributed by atoms with Gasteiger partial charge in [-0.2, -0.15) is 0 Å². The Kier molecular flexibility index (Phi) is 47.8. The van der Waals surface area contributed by atoms with Gasteiger partial charge in [0.25, 0.3) is 0 Å². The lowest BCUT2D eigenvalue weighted by Gasteiger charge is -2.37. The SMILES string of the molecule is COCCOCCOCCOCCOCCOCCOCCOCCOCCOCCOCCOCCOCCOCCOCCOCCOCCOC(=O)CCC(=O)Oc1ccc(C(C)(C)CC(C)(C)C)cc1C(C)(C)CC(C)(C)C. The molecule has 1 aromatic rings. The highest BCUT2D eigenvalue weighted by atomic mass is 16.6. The molecular formula is C61H112O21. The van der Waals surface area contributed by atoms with E-state index >= 15 is 0 Å². The van der Waals surface area contributed by atoms with E-state index in [4.69, 9.17) is 90.0 Å². The lowest BCUT2D eigenvalue weighted by molar-refractivity contribution is -0.148. The predicted molar refractivity (Wildman–Crippen MR) is 311 cm³/mol. The highest BCUT2D eigenvalue weighted by Gasteiger charge is 2.34. The maximum Gasteiger partial charge on any atom is 0.311 e. The van der Waals surface area contributed by atoms with E-state index in [2.05, 4.69) is 81.4 Å². The number of hydrogen-bond acceptors (Lipinski definition) is 21. The maximum atomic E-state index is 13.0. The minimum atomic E-state index is -0.481. The van der Waals surface area contributed by atoms with Gasteiger partial charge in [-0.05, 0) is 46.1 Å². The van der Waals surface area contributed by atoms with Gasteiger partial charge in [-0.1, -0.05) is 81.4 Å². The molecule has 0 spiro atoms. The molecule has 0 bridgehead atoms. The van der Waals surface area contributed by atoms with Crippen LogP contribution in [0.2, 0.25) is 0 Å². The Labute approximate surface area is 493 Å². The normalized spacial score (nSPS) is 12.4. The molecule has 82 heavy (non-hydrogen) atoms. The Morgan fingerprint density at radius 1 is 0.317 bits per heavy atom. The third-order valence-corrected chi connectivity index (χ3v) is 11.7. The Bertz CT molecular complexity index is 1630. The summed E-state index contributed by atoms with van der Waals surface area (Å²) in [6.45, 7) is 38.1. The van der Waals surface area contributed by atoms with Crippen LogP contribution in [0, 0.1) is 10.8 Å². The largest absolute Gasteiger partial charge is 0.463 e. The minimum absolute atomic E-state index is 0.0624. The second-order valence-electron chi connectivity index (χ2n) is 22.9. The van der Waals surface area contributed by atoms with Crippen LogP contribution in [0.4, 0.5) is 0 Å². The van der Waals surface area contributed by atoms with Crippen LogP contribution >= 0.6 is 0 Å². The fourth-order valence-corrected chi connectivity index (χ4v) is 8.63. The van der Waals surface area contributed by atoms with E-state index in [9.17, 15) is 9.59 Å². The van der Waals surface area contributed by atoms with Gasteiger partial charge in [0.15, 0.2) is 0 Å². The van der Waals surface area contributed by atoms with Crippen LogP contribution < -0.4 is 4.74 Å². The quantitative estimate of drug-likeness (QED) is 0.0357. The van der Waals surface area contributed by atoms with Crippen LogP contribution in [0.5, 0.6) is 5.75 Å². The molecule has 21 nitrogen and oxygen atoms in total. The van der Waals surface area contributed by atoms with Gasteiger partial charge in [-0.15, -0.1) is 0 Å². The van der Waals surface area contributed by atoms with Crippen molar-refractivity contribution in [2.75, 3.05) is 232 Å². The number of esters is 2. The molecule has 0 aromatic heterocycles. The summed E-state index contributed by atoms with van der Waals surface area (Å²) in [7, 11) is 1.64. The summed E-state index contributed by atoms with van der Waals surface area (Å²) in [4.78, 5) is 25.4. The van der Waals surface area contributed by atoms with Crippen molar-refractivity contribution in [3.05, 3.63) is 29.3 Å². The van der Waals surface area contributed by atoms with Crippen LogP contribution in [-0.4, -0.2) is 244 Å². The smallest absolute Gasteiger partial charge is 0.311 e. The third-order valence-electron chi connectivity index (χ3n) is 11.7. The minimum Gasteiger partial charge on any atom is -0.463 e. The van der Waals surface area contributed by atoms with E-state index in [1.807, 2.05) is 6.07 Å². The molecule has 21 heteroatoms. The van der Waals surface area contributed by atoms with Crippen molar-refractivity contribution in [1.29, 1.82) is 0 Å². The van der Waals surface area contributed by atoms with Gasteiger partial charge in [0.05, 0.1) is 231 Å². The molecule has 1 aromatic carbocycles. The molecule has 0 amide bonds. The van der Waals surface area contributed by atoms with Crippen molar-refractivity contribution in [2.45, 2.75) is 106 Å². The first-order valence-electron chi connectivity index (χ1n) is 29.6. The summed E-state index contributed by atoms with van der Waals surface area (Å²) in [6, 6.07) is 6.20. The van der Waals surface area contributed by atoms with Gasteiger partial charge in [0.1, 0.15) is 12.4 Å². The molecule has 0 fully saturated rings. The van der Waals surface area contributed by atoms with Crippen LogP contribution in [-0.2, 0) is 106 Å². The molecule has 482 valence electrons. The number of rotatable bonds is 59. The molecule has 0 atom stereocenters. The van der Waals surface area contributed by atoms with Crippen molar-refractivity contribution in [1.82, 2.24) is 0 Å². The van der Waals surface area contributed by atoms with Gasteiger partial charge in [-0.3, -0.25) is 9.59 Å². The van der Waals surface area contributed by atoms with Crippen molar-refractivity contribution in [2.24, 2.45) is 10.8 Å². The molecule has 0 unspecified atom stereocenters. The van der Waals surface area contributed by atoms with Crippen LogP contribution in [0.1, 0.15) is 106 Å². The number of hydrogen-bond donors (Lipinski definition) is 0. The van der Waals surface area contributed by atoms with E-state index in [-0.39, 0.29) is 47.7 Å². The fourth-order valence-electron chi connectivity index (χ4n) is 8.63. The molecule has 0 radical (unpaired) electrons. The Morgan fingerprint density at radius 2 is 0.561 bits per heavy atom. The number of carbonyl (C=O) groups is 2. The van der Waals surface area contributed by atoms with Crippen LogP contribution in [0.25, 0.3) is 0 Å². The van der Waals surface area contributed by atoms with Gasteiger partial charge in [0, 0.05) is 12.7 Å². The lowest BCUT2D eigenvalue weighted by atomic mass is 9.68. The first-order valence-corrected chi connectivity index (χ1v) is 29.6. The van der Waals surface area contributed by atoms with E-state index < -0.39 is 11.9 Å². The fraction of sp³-hybridized carbons (Fsp3) is 0.869. The Hall–Kier alpha value is -2.52. The summed E-state index contributed by atoms with van der Waals surface area (Å²) in [5.74, 6) is -0.410. The molecule has 0 aliphatic rings. The Balaban J connectivity index is 1.83. The average molecular weight is 1180 g/mol. The second-order valence-corrected chi connectivity index (χ2v) is 22.9. The van der Waals surface area contributed by atoms with Crippen molar-refractivity contribution in [3.63, 3.8) is 0 Å². The number of methoxy groups -OCH3 is 1. The van der Waals surface area contributed by atoms with Crippen molar-refractivity contribution in [3.8, 4) is 5.75 Å². The zero-order valence-electron chi connectivity index (χ0n) is 52.7. The summed E-state index contributed by atoms with van der Waals surface area (Å²) in [6.07, 6.45) is 1.74. The molecule has 0 saturated heterocycles. The monoisotopic (exact) mass is 1180 g/mol. The second kappa shape index (κ2) is 50.6. The van der Waals surface area contributed by atoms with Gasteiger partial charge < -0.3 is 90.0 Å². The number of ether oxygens (including phenoxy) is 19. The van der Waals surface area contributed by atoms with E-state index in [0.717, 1.165) is 18.4 Å². The van der Waals surface area contributed by atoms with Gasteiger partial charge >= 0.3 is 11.9 Å². The third kappa shape index (κ3) is 48.7. The topological polar surface area (TPSA) is 210 Å². The zero-order valence-corrected chi connectivity index (χ0v) is 52.7. The maximum absolute atomic E-state index is 13.0. The van der Waals surface area contributed by atoms with Crippen LogP contribution in [0.15, 0.2) is 18.2 Å². The summed E-state index contributed by atoms with van der Waals surface area (Å²) >= 11 is 0. The van der Waals surface area contributed by atoms with E-state index in [1.165, 1.54) is 5.56 Å². The van der Waals surface area contributed by atoms with E-state index in [0.29, 0.717) is 217 Å². The molecule has 1 rings (SSSR count). The van der Waals surface area contributed by atoms with Crippen molar-refractivity contribution < 1.29 is 99.6 Å². The Morgan fingerprint density at radius 3 is 0.829 bits per heavy atom. The molecule has 0 aliphatic carbocycles. The first-order chi connectivity index (χ1) is 39.4. The summed E-state index contributed by atoms with van der Waals surface area (Å²) in [5.41, 5.74) is 2.10. The van der Waals surface area contributed by atoms with Gasteiger partial charge in [-0.25, -0.2) is 0 Å². The molecular weight excluding hydrogens is 1070 g/mol. The molecule has 0 heterocycles. The number of benzene rings is 1. The highest BCUT2D eigenvalue weighted by Crippen LogP contribution is 2.44. The predicted octanol–water partition coefficient (Wildman–Crippen LogP) is 7.26. The highest BCUT2D eigenvalue weighted by molar-refractivity contribution is 5.79. The standard InChI is InChI=1S/C61H112O21/c1-58(2,3)51-60(7,8)53-12-13-55(54(50-53)61(9,10)52-59(4,5)6)82-57(63)15-14-56(62)81-49-48-80-47-46-79-45-44-78-43-42-77-41-40-76-39-38-75-37-36-74-35-34-73-33-32-72-31-30-71-29-28-70-27-26-69-25-24-68-23-22-67-21-20-66-19-18-65-17-16-64-11/h12-13,50H,14-49,51-52H2,1-11H3. The number of carbonyl (C=O) groups excluding carboxylic acids is 2. The van der Waals surface area contributed by atoms with E-state index in [1.54, 1.807) is 7.11 Å². The van der Waals surface area contributed by atoms with Crippen LogP contribution in [0.3, 0.4) is 0 Å². The lowest BCUT2D eigenvalue weighted by Crippen LogP contribution is -2.28. The summed E-state index contributed by atoms with van der Waals surface area (Å²) < 4.78 is 104. The summed E-state index contributed by atoms with van der Waals surface area (Å²) in [5, 5.41) is 0. The molecule has 0 saturated carbocycles. The molecule has 0 N–H and O–H groups in total. The first kappa shape index (κ1) is 77.5. The zero-order chi connectivity index (χ0) is 60.3. The van der Waals surface area contributed by atoms with Crippen molar-refractivity contribution >= 4 is 11.9 Å². The molecule has 0 aliphatic heterocycles.